The molecular weight excluding hydrogens is 296 g/mol. The molecule has 0 N–H and O–H groups in total. The van der Waals surface area contributed by atoms with Gasteiger partial charge in [-0.25, -0.2) is 4.79 Å². The number of hydrogen-bond acceptors (Lipinski definition) is 5. The van der Waals surface area contributed by atoms with Crippen LogP contribution >= 0.6 is 0 Å². The maximum atomic E-state index is 12.4. The molecule has 0 atom stereocenters. The van der Waals surface area contributed by atoms with Crippen molar-refractivity contribution in [3.8, 4) is 17.2 Å². The third-order valence-electron chi connectivity index (χ3n) is 3.43. The molecule has 5 nitrogen and oxygen atoms in total. The molecule has 0 fully saturated rings. The lowest BCUT2D eigenvalue weighted by Gasteiger charge is -2.13. The van der Waals surface area contributed by atoms with Crippen molar-refractivity contribution in [3.63, 3.8) is 0 Å². The molecule has 0 aliphatic rings. The Morgan fingerprint density at radius 3 is 2.09 bits per heavy atom. The number of carbonyl (C=O) groups is 1. The Hall–Kier alpha value is -2.69. The van der Waals surface area contributed by atoms with Crippen LogP contribution in [0.4, 0.5) is 0 Å². The van der Waals surface area contributed by atoms with Gasteiger partial charge in [-0.3, -0.25) is 0 Å². The largest absolute Gasteiger partial charge is 0.496 e. The molecule has 0 saturated heterocycles. The van der Waals surface area contributed by atoms with Gasteiger partial charge in [-0.05, 0) is 31.2 Å². The van der Waals surface area contributed by atoms with Crippen molar-refractivity contribution in [2.24, 2.45) is 0 Å². The Morgan fingerprint density at radius 2 is 1.52 bits per heavy atom. The zero-order valence-electron chi connectivity index (χ0n) is 13.7. The average Bonchev–Trinajstić information content (AvgIpc) is 2.58. The molecule has 2 aromatic carbocycles. The third kappa shape index (κ3) is 3.74. The van der Waals surface area contributed by atoms with Crippen LogP contribution in [0.2, 0.25) is 0 Å². The molecule has 5 heteroatoms. The summed E-state index contributed by atoms with van der Waals surface area (Å²) in [5.74, 6) is 0.981. The Morgan fingerprint density at radius 1 is 0.913 bits per heavy atom. The first kappa shape index (κ1) is 16.7. The fourth-order valence-corrected chi connectivity index (χ4v) is 2.29. The van der Waals surface area contributed by atoms with Gasteiger partial charge >= 0.3 is 5.97 Å². The first-order valence-corrected chi connectivity index (χ1v) is 7.12. The van der Waals surface area contributed by atoms with Gasteiger partial charge in [0.05, 0.1) is 21.3 Å². The van der Waals surface area contributed by atoms with Gasteiger partial charge in [0, 0.05) is 5.56 Å². The van der Waals surface area contributed by atoms with Crippen LogP contribution < -0.4 is 14.2 Å². The monoisotopic (exact) mass is 316 g/mol. The molecule has 122 valence electrons. The van der Waals surface area contributed by atoms with Gasteiger partial charge < -0.3 is 18.9 Å². The lowest BCUT2D eigenvalue weighted by Crippen LogP contribution is -2.09. The molecule has 0 aliphatic carbocycles. The molecule has 0 aliphatic heterocycles. The Kier molecular flexibility index (Phi) is 5.46. The highest BCUT2D eigenvalue weighted by Gasteiger charge is 2.20. The minimum Gasteiger partial charge on any atom is -0.496 e. The van der Waals surface area contributed by atoms with E-state index in [9.17, 15) is 4.79 Å². The van der Waals surface area contributed by atoms with Crippen LogP contribution in [0.1, 0.15) is 21.5 Å². The van der Waals surface area contributed by atoms with E-state index in [4.69, 9.17) is 18.9 Å². The number of methoxy groups -OCH3 is 3. The predicted molar refractivity (Wildman–Crippen MR) is 86.4 cm³/mol. The summed E-state index contributed by atoms with van der Waals surface area (Å²) in [5.41, 5.74) is 2.13. The van der Waals surface area contributed by atoms with Crippen LogP contribution in [0, 0.1) is 6.92 Å². The number of carbonyl (C=O) groups excluding carboxylic acids is 1. The Labute approximate surface area is 135 Å². The summed E-state index contributed by atoms with van der Waals surface area (Å²) in [6, 6.07) is 10.8. The number of rotatable bonds is 6. The Bertz CT molecular complexity index is 672. The summed E-state index contributed by atoms with van der Waals surface area (Å²) >= 11 is 0. The summed E-state index contributed by atoms with van der Waals surface area (Å²) in [4.78, 5) is 12.4. The van der Waals surface area contributed by atoms with E-state index in [-0.39, 0.29) is 12.2 Å². The predicted octanol–water partition coefficient (Wildman–Crippen LogP) is 3.38. The highest BCUT2D eigenvalue weighted by atomic mass is 16.5. The van der Waals surface area contributed by atoms with Crippen LogP contribution in [-0.2, 0) is 11.3 Å². The lowest BCUT2D eigenvalue weighted by molar-refractivity contribution is 0.0462. The second-order valence-electron chi connectivity index (χ2n) is 4.93. The molecule has 0 spiro atoms. The van der Waals surface area contributed by atoms with E-state index < -0.39 is 5.97 Å². The quantitative estimate of drug-likeness (QED) is 0.765. The molecule has 0 unspecified atom stereocenters. The van der Waals surface area contributed by atoms with E-state index in [1.165, 1.54) is 14.2 Å². The van der Waals surface area contributed by atoms with Crippen molar-refractivity contribution in [3.05, 3.63) is 53.1 Å². The van der Waals surface area contributed by atoms with Crippen LogP contribution in [0.5, 0.6) is 17.2 Å². The summed E-state index contributed by atoms with van der Waals surface area (Å²) < 4.78 is 21.1. The molecule has 0 aromatic heterocycles. The van der Waals surface area contributed by atoms with Gasteiger partial charge in [-0.1, -0.05) is 17.7 Å². The SMILES string of the molecule is COc1ccc(C)cc1COC(=O)c1c(OC)cccc1OC. The van der Waals surface area contributed by atoms with Crippen LogP contribution in [0.3, 0.4) is 0 Å². The molecule has 0 radical (unpaired) electrons. The fourth-order valence-electron chi connectivity index (χ4n) is 2.29. The molecule has 2 rings (SSSR count). The van der Waals surface area contributed by atoms with Crippen molar-refractivity contribution in [2.75, 3.05) is 21.3 Å². The molecule has 0 amide bonds. The summed E-state index contributed by atoms with van der Waals surface area (Å²) in [6.45, 7) is 2.07. The van der Waals surface area contributed by atoms with Crippen molar-refractivity contribution < 1.29 is 23.7 Å². The fraction of sp³-hybridized carbons (Fsp3) is 0.278. The van der Waals surface area contributed by atoms with E-state index in [0.717, 1.165) is 11.1 Å². The van der Waals surface area contributed by atoms with Crippen LogP contribution in [-0.4, -0.2) is 27.3 Å². The number of ether oxygens (including phenoxy) is 4. The molecule has 23 heavy (non-hydrogen) atoms. The second-order valence-corrected chi connectivity index (χ2v) is 4.93. The van der Waals surface area contributed by atoms with Gasteiger partial charge in [0.2, 0.25) is 0 Å². The number of hydrogen-bond donors (Lipinski definition) is 0. The summed E-state index contributed by atoms with van der Waals surface area (Å²) in [5, 5.41) is 0. The van der Waals surface area contributed by atoms with Gasteiger partial charge in [-0.2, -0.15) is 0 Å². The van der Waals surface area contributed by atoms with Crippen molar-refractivity contribution in [2.45, 2.75) is 13.5 Å². The number of benzene rings is 2. The van der Waals surface area contributed by atoms with Crippen LogP contribution in [0.25, 0.3) is 0 Å². The minimum absolute atomic E-state index is 0.102. The molecule has 0 bridgehead atoms. The zero-order valence-corrected chi connectivity index (χ0v) is 13.7. The van der Waals surface area contributed by atoms with Crippen molar-refractivity contribution in [1.29, 1.82) is 0 Å². The van der Waals surface area contributed by atoms with E-state index >= 15 is 0 Å². The molecule has 0 heterocycles. The van der Waals surface area contributed by atoms with E-state index in [0.29, 0.717) is 17.2 Å². The number of esters is 1. The maximum Gasteiger partial charge on any atom is 0.346 e. The van der Waals surface area contributed by atoms with Crippen molar-refractivity contribution in [1.82, 2.24) is 0 Å². The third-order valence-corrected chi connectivity index (χ3v) is 3.43. The normalized spacial score (nSPS) is 10.1. The first-order chi connectivity index (χ1) is 11.1. The maximum absolute atomic E-state index is 12.4. The van der Waals surface area contributed by atoms with Gasteiger partial charge in [-0.15, -0.1) is 0 Å². The topological polar surface area (TPSA) is 54.0 Å². The second kappa shape index (κ2) is 7.54. The highest BCUT2D eigenvalue weighted by molar-refractivity contribution is 5.95. The summed E-state index contributed by atoms with van der Waals surface area (Å²) in [7, 11) is 4.57. The van der Waals surface area contributed by atoms with Gasteiger partial charge in [0.1, 0.15) is 29.4 Å². The van der Waals surface area contributed by atoms with E-state index in [2.05, 4.69) is 0 Å². The Balaban J connectivity index is 2.22. The van der Waals surface area contributed by atoms with E-state index in [1.54, 1.807) is 25.3 Å². The van der Waals surface area contributed by atoms with Crippen LogP contribution in [0.15, 0.2) is 36.4 Å². The lowest BCUT2D eigenvalue weighted by atomic mass is 10.1. The number of aryl methyl sites for hydroxylation is 1. The van der Waals surface area contributed by atoms with E-state index in [1.807, 2.05) is 25.1 Å². The standard InChI is InChI=1S/C18H20O5/c1-12-8-9-14(20-2)13(10-12)11-23-18(19)17-15(21-3)6-5-7-16(17)22-4/h5-10H,11H2,1-4H3. The summed E-state index contributed by atoms with van der Waals surface area (Å²) in [6.07, 6.45) is 0. The molecular formula is C18H20O5. The molecule has 0 saturated carbocycles. The smallest absolute Gasteiger partial charge is 0.346 e. The highest BCUT2D eigenvalue weighted by Crippen LogP contribution is 2.29. The first-order valence-electron chi connectivity index (χ1n) is 7.12. The van der Waals surface area contributed by atoms with Gasteiger partial charge in [0.15, 0.2) is 0 Å². The van der Waals surface area contributed by atoms with Gasteiger partial charge in [0.25, 0.3) is 0 Å². The van der Waals surface area contributed by atoms with Crippen molar-refractivity contribution >= 4 is 5.97 Å². The molecule has 2 aromatic rings. The average molecular weight is 316 g/mol. The minimum atomic E-state index is -0.511. The zero-order chi connectivity index (χ0) is 16.8.